The summed E-state index contributed by atoms with van der Waals surface area (Å²) >= 11 is 0. The fraction of sp³-hybridized carbons (Fsp3) is 0.278. The van der Waals surface area contributed by atoms with E-state index in [-0.39, 0.29) is 17.7 Å². The Morgan fingerprint density at radius 1 is 1.00 bits per heavy atom. The fourth-order valence-corrected chi connectivity index (χ4v) is 2.69. The lowest BCUT2D eigenvalue weighted by Gasteiger charge is -2.36. The molecule has 1 N–H and O–H groups in total. The summed E-state index contributed by atoms with van der Waals surface area (Å²) in [5.74, 6) is -0.601. The molecule has 1 aliphatic rings. The molecule has 0 bridgehead atoms. The van der Waals surface area contributed by atoms with Gasteiger partial charge in [-0.05, 0) is 48.9 Å². The molecule has 6 heteroatoms. The maximum atomic E-state index is 13.5. The van der Waals surface area contributed by atoms with E-state index in [2.05, 4.69) is 10.2 Å². The molecule has 126 valence electrons. The van der Waals surface area contributed by atoms with Crippen molar-refractivity contribution in [2.45, 2.75) is 6.92 Å². The van der Waals surface area contributed by atoms with Gasteiger partial charge in [0.25, 0.3) is 0 Å². The molecule has 2 amide bonds. The predicted octanol–water partition coefficient (Wildman–Crippen LogP) is 3.63. The van der Waals surface area contributed by atoms with Gasteiger partial charge in [0.05, 0.1) is 0 Å². The number of urea groups is 1. The zero-order valence-corrected chi connectivity index (χ0v) is 13.4. The van der Waals surface area contributed by atoms with Crippen LogP contribution in [0.5, 0.6) is 0 Å². The summed E-state index contributed by atoms with van der Waals surface area (Å²) in [5, 5.41) is 2.72. The first-order chi connectivity index (χ1) is 11.5. The summed E-state index contributed by atoms with van der Waals surface area (Å²) in [6.45, 7) is 4.12. The lowest BCUT2D eigenvalue weighted by Crippen LogP contribution is -2.50. The number of nitrogens with one attached hydrogen (secondary N) is 1. The van der Waals surface area contributed by atoms with E-state index in [4.69, 9.17) is 0 Å². The Morgan fingerprint density at radius 2 is 1.67 bits per heavy atom. The third kappa shape index (κ3) is 3.64. The minimum absolute atomic E-state index is 0.239. The van der Waals surface area contributed by atoms with Crippen LogP contribution in [0.3, 0.4) is 0 Å². The Hall–Kier alpha value is -2.63. The number of piperazine rings is 1. The molecule has 0 saturated carbocycles. The number of halogens is 2. The highest BCUT2D eigenvalue weighted by molar-refractivity contribution is 5.89. The van der Waals surface area contributed by atoms with Crippen LogP contribution in [0.15, 0.2) is 42.5 Å². The van der Waals surface area contributed by atoms with Crippen molar-refractivity contribution < 1.29 is 13.6 Å². The minimum atomic E-state index is -0.339. The maximum Gasteiger partial charge on any atom is 0.321 e. The number of hydrogen-bond acceptors (Lipinski definition) is 2. The van der Waals surface area contributed by atoms with Gasteiger partial charge >= 0.3 is 6.03 Å². The van der Waals surface area contributed by atoms with E-state index in [9.17, 15) is 13.6 Å². The van der Waals surface area contributed by atoms with Gasteiger partial charge in [0.1, 0.15) is 11.6 Å². The van der Waals surface area contributed by atoms with Gasteiger partial charge < -0.3 is 15.1 Å². The zero-order valence-electron chi connectivity index (χ0n) is 13.4. The van der Waals surface area contributed by atoms with E-state index >= 15 is 0 Å². The first-order valence-corrected chi connectivity index (χ1v) is 7.85. The second-order valence-corrected chi connectivity index (χ2v) is 5.84. The number of benzene rings is 2. The second kappa shape index (κ2) is 6.86. The van der Waals surface area contributed by atoms with Gasteiger partial charge in [0, 0.05) is 37.6 Å². The number of nitrogens with zero attached hydrogens (tertiary/aromatic N) is 2. The lowest BCUT2D eigenvalue weighted by molar-refractivity contribution is 0.208. The number of hydrogen-bond donors (Lipinski definition) is 1. The standard InChI is InChI=1S/C18H19F2N3O/c1-13-2-5-15(12-17(13)20)21-18(24)23-10-8-22(9-11-23)16-6-3-14(19)4-7-16/h2-7,12H,8-11H2,1H3,(H,21,24). The van der Waals surface area contributed by atoms with E-state index in [1.54, 1.807) is 36.1 Å². The molecule has 0 aliphatic carbocycles. The Morgan fingerprint density at radius 3 is 2.29 bits per heavy atom. The Bertz CT molecular complexity index is 726. The van der Waals surface area contributed by atoms with Crippen molar-refractivity contribution in [2.24, 2.45) is 0 Å². The molecule has 4 nitrogen and oxygen atoms in total. The Labute approximate surface area is 139 Å². The second-order valence-electron chi connectivity index (χ2n) is 5.84. The molecule has 0 spiro atoms. The van der Waals surface area contributed by atoms with Crippen LogP contribution >= 0.6 is 0 Å². The minimum Gasteiger partial charge on any atom is -0.368 e. The summed E-state index contributed by atoms with van der Waals surface area (Å²) in [6, 6.07) is 10.7. The maximum absolute atomic E-state index is 13.5. The average molecular weight is 331 g/mol. The van der Waals surface area contributed by atoms with Gasteiger partial charge in [-0.1, -0.05) is 6.07 Å². The zero-order chi connectivity index (χ0) is 17.1. The first kappa shape index (κ1) is 16.2. The summed E-state index contributed by atoms with van der Waals surface area (Å²) in [6.07, 6.45) is 0. The third-order valence-corrected chi connectivity index (χ3v) is 4.18. The largest absolute Gasteiger partial charge is 0.368 e. The Kier molecular flexibility index (Phi) is 4.64. The topological polar surface area (TPSA) is 35.6 Å². The van der Waals surface area contributed by atoms with Gasteiger partial charge in [-0.2, -0.15) is 0 Å². The van der Waals surface area contributed by atoms with Gasteiger partial charge in [-0.25, -0.2) is 13.6 Å². The number of anilines is 2. The van der Waals surface area contributed by atoms with Crippen molar-refractivity contribution in [1.82, 2.24) is 4.90 Å². The molecule has 0 unspecified atom stereocenters. The van der Waals surface area contributed by atoms with Gasteiger partial charge in [0.15, 0.2) is 0 Å². The molecule has 0 atom stereocenters. The number of carbonyl (C=O) groups is 1. The number of amides is 2. The normalized spacial score (nSPS) is 14.6. The number of carbonyl (C=O) groups excluding carboxylic acids is 1. The molecule has 2 aromatic carbocycles. The predicted molar refractivity (Wildman–Crippen MR) is 90.3 cm³/mol. The van der Waals surface area contributed by atoms with Crippen molar-refractivity contribution in [3.8, 4) is 0 Å². The van der Waals surface area contributed by atoms with Crippen LogP contribution in [0, 0.1) is 18.6 Å². The highest BCUT2D eigenvalue weighted by atomic mass is 19.1. The molecule has 0 radical (unpaired) electrons. The molecule has 2 aromatic rings. The van der Waals surface area contributed by atoms with Crippen molar-refractivity contribution in [3.05, 3.63) is 59.7 Å². The lowest BCUT2D eigenvalue weighted by atomic mass is 10.2. The number of aryl methyl sites for hydroxylation is 1. The van der Waals surface area contributed by atoms with Crippen LogP contribution in [0.2, 0.25) is 0 Å². The van der Waals surface area contributed by atoms with E-state index < -0.39 is 0 Å². The summed E-state index contributed by atoms with van der Waals surface area (Å²) < 4.78 is 26.5. The molecule has 1 heterocycles. The number of rotatable bonds is 2. The Balaban J connectivity index is 1.56. The molecule has 0 aromatic heterocycles. The summed E-state index contributed by atoms with van der Waals surface area (Å²) in [7, 11) is 0. The summed E-state index contributed by atoms with van der Waals surface area (Å²) in [5.41, 5.74) is 1.93. The van der Waals surface area contributed by atoms with E-state index in [0.29, 0.717) is 37.4 Å². The van der Waals surface area contributed by atoms with Crippen molar-refractivity contribution in [1.29, 1.82) is 0 Å². The molecule has 24 heavy (non-hydrogen) atoms. The molecular formula is C18H19F2N3O. The molecule has 1 saturated heterocycles. The molecule has 1 fully saturated rings. The molecule has 1 aliphatic heterocycles. The van der Waals surface area contributed by atoms with Crippen molar-refractivity contribution in [3.63, 3.8) is 0 Å². The summed E-state index contributed by atoms with van der Waals surface area (Å²) in [4.78, 5) is 16.1. The first-order valence-electron chi connectivity index (χ1n) is 7.85. The molecular weight excluding hydrogens is 312 g/mol. The van der Waals surface area contributed by atoms with E-state index in [0.717, 1.165) is 5.69 Å². The highest BCUT2D eigenvalue weighted by Gasteiger charge is 2.21. The van der Waals surface area contributed by atoms with E-state index in [1.165, 1.54) is 18.2 Å². The quantitative estimate of drug-likeness (QED) is 0.912. The van der Waals surface area contributed by atoms with Gasteiger partial charge in [-0.15, -0.1) is 0 Å². The smallest absolute Gasteiger partial charge is 0.321 e. The molecule has 3 rings (SSSR count). The van der Waals surface area contributed by atoms with Crippen LogP contribution in [-0.4, -0.2) is 37.1 Å². The average Bonchev–Trinajstić information content (AvgIpc) is 2.59. The van der Waals surface area contributed by atoms with Crippen LogP contribution in [-0.2, 0) is 0 Å². The fourth-order valence-electron chi connectivity index (χ4n) is 2.69. The SMILES string of the molecule is Cc1ccc(NC(=O)N2CCN(c3ccc(F)cc3)CC2)cc1F. The monoisotopic (exact) mass is 331 g/mol. The van der Waals surface area contributed by atoms with Crippen LogP contribution < -0.4 is 10.2 Å². The van der Waals surface area contributed by atoms with Crippen LogP contribution in [0.1, 0.15) is 5.56 Å². The van der Waals surface area contributed by atoms with E-state index in [1.807, 2.05) is 0 Å². The van der Waals surface area contributed by atoms with Gasteiger partial charge in [0.2, 0.25) is 0 Å². The highest BCUT2D eigenvalue weighted by Crippen LogP contribution is 2.18. The van der Waals surface area contributed by atoms with Crippen LogP contribution in [0.25, 0.3) is 0 Å². The third-order valence-electron chi connectivity index (χ3n) is 4.18. The van der Waals surface area contributed by atoms with Crippen LogP contribution in [0.4, 0.5) is 25.0 Å². The van der Waals surface area contributed by atoms with Gasteiger partial charge in [-0.3, -0.25) is 0 Å². The van der Waals surface area contributed by atoms with Crippen molar-refractivity contribution in [2.75, 3.05) is 36.4 Å². The van der Waals surface area contributed by atoms with Crippen molar-refractivity contribution >= 4 is 17.4 Å².